The van der Waals surface area contributed by atoms with E-state index in [1.54, 1.807) is 0 Å². The van der Waals surface area contributed by atoms with Gasteiger partial charge in [-0.3, -0.25) is 0 Å². The number of ether oxygens (including phenoxy) is 1. The molecule has 19 heavy (non-hydrogen) atoms. The minimum atomic E-state index is -2.58. The highest BCUT2D eigenvalue weighted by atomic mass is 35.5. The lowest BCUT2D eigenvalue weighted by Crippen LogP contribution is -2.47. The Labute approximate surface area is 124 Å². The first kappa shape index (κ1) is 19.3. The lowest BCUT2D eigenvalue weighted by Gasteiger charge is -2.29. The minimum Gasteiger partial charge on any atom is -0.380 e. The molecule has 0 unspecified atom stereocenters. The highest BCUT2D eigenvalue weighted by Gasteiger charge is 2.40. The van der Waals surface area contributed by atoms with E-state index >= 15 is 0 Å². The van der Waals surface area contributed by atoms with Gasteiger partial charge in [0.25, 0.3) is 0 Å². The van der Waals surface area contributed by atoms with E-state index in [4.69, 9.17) is 29.6 Å². The van der Waals surface area contributed by atoms with Gasteiger partial charge in [-0.2, -0.15) is 0 Å². The van der Waals surface area contributed by atoms with Crippen molar-refractivity contribution in [1.29, 1.82) is 0 Å². The standard InChI is InChI=1S/C13H29ClO4Si/c1-4-8-16-19(17-9-5-2,18-10-6-3)13-12-15-11-7-14/h4-13H2,1-3H3. The fraction of sp³-hybridized carbons (Fsp3) is 1.00. The molecule has 0 saturated carbocycles. The Bertz CT molecular complexity index is 174. The Morgan fingerprint density at radius 1 is 0.737 bits per heavy atom. The van der Waals surface area contributed by atoms with Crippen molar-refractivity contribution in [2.24, 2.45) is 0 Å². The number of halogens is 1. The molecule has 0 aromatic rings. The van der Waals surface area contributed by atoms with Gasteiger partial charge >= 0.3 is 8.80 Å². The van der Waals surface area contributed by atoms with Crippen molar-refractivity contribution in [2.75, 3.05) is 38.9 Å². The number of hydrogen-bond donors (Lipinski definition) is 0. The molecule has 0 amide bonds. The van der Waals surface area contributed by atoms with Crippen LogP contribution in [0.4, 0.5) is 0 Å². The van der Waals surface area contributed by atoms with Crippen molar-refractivity contribution in [1.82, 2.24) is 0 Å². The van der Waals surface area contributed by atoms with Crippen LogP contribution in [-0.4, -0.2) is 47.7 Å². The van der Waals surface area contributed by atoms with Crippen LogP contribution in [0.2, 0.25) is 6.04 Å². The number of alkyl halides is 1. The third-order valence-corrected chi connectivity index (χ3v) is 5.26. The number of hydrogen-bond acceptors (Lipinski definition) is 4. The summed E-state index contributed by atoms with van der Waals surface area (Å²) in [5.74, 6) is 0.510. The molecule has 0 heterocycles. The van der Waals surface area contributed by atoms with Crippen LogP contribution in [0.3, 0.4) is 0 Å². The lowest BCUT2D eigenvalue weighted by molar-refractivity contribution is 0.0491. The Balaban J connectivity index is 4.38. The molecule has 0 rings (SSSR count). The van der Waals surface area contributed by atoms with Crippen LogP contribution in [0.5, 0.6) is 0 Å². The predicted octanol–water partition coefficient (Wildman–Crippen LogP) is 3.46. The van der Waals surface area contributed by atoms with E-state index in [0.29, 0.717) is 45.0 Å². The third kappa shape index (κ3) is 9.82. The fourth-order valence-corrected chi connectivity index (χ4v) is 4.20. The Hall–Kier alpha value is 0.347. The van der Waals surface area contributed by atoms with Crippen LogP contribution < -0.4 is 0 Å². The van der Waals surface area contributed by atoms with Crippen molar-refractivity contribution in [3.63, 3.8) is 0 Å². The maximum Gasteiger partial charge on any atom is 0.503 e. The first-order chi connectivity index (χ1) is 9.24. The summed E-state index contributed by atoms with van der Waals surface area (Å²) in [5, 5.41) is 0. The van der Waals surface area contributed by atoms with E-state index in [2.05, 4.69) is 20.8 Å². The molecule has 0 radical (unpaired) electrons. The molecule has 0 spiro atoms. The smallest absolute Gasteiger partial charge is 0.380 e. The average molecular weight is 313 g/mol. The molecule has 0 aliphatic rings. The largest absolute Gasteiger partial charge is 0.503 e. The van der Waals surface area contributed by atoms with E-state index in [-0.39, 0.29) is 0 Å². The molecule has 0 aromatic heterocycles. The van der Waals surface area contributed by atoms with E-state index in [1.165, 1.54) is 0 Å². The number of rotatable bonds is 14. The Morgan fingerprint density at radius 3 is 1.58 bits per heavy atom. The third-order valence-electron chi connectivity index (χ3n) is 2.35. The summed E-state index contributed by atoms with van der Waals surface area (Å²) in [6.07, 6.45) is 2.88. The molecule has 0 aromatic carbocycles. The van der Waals surface area contributed by atoms with Crippen LogP contribution in [0.25, 0.3) is 0 Å². The zero-order valence-corrected chi connectivity index (χ0v) is 14.3. The van der Waals surface area contributed by atoms with Gasteiger partial charge in [-0.15, -0.1) is 11.6 Å². The quantitative estimate of drug-likeness (QED) is 0.280. The molecule has 0 atom stereocenters. The molecule has 0 saturated heterocycles. The monoisotopic (exact) mass is 312 g/mol. The molecular weight excluding hydrogens is 284 g/mol. The van der Waals surface area contributed by atoms with Crippen molar-refractivity contribution in [3.8, 4) is 0 Å². The van der Waals surface area contributed by atoms with Gasteiger partial charge in [0.05, 0.1) is 13.2 Å². The second kappa shape index (κ2) is 13.3. The van der Waals surface area contributed by atoms with E-state index < -0.39 is 8.80 Å². The maximum atomic E-state index is 5.94. The molecule has 0 bridgehead atoms. The Kier molecular flexibility index (Phi) is 13.6. The molecule has 0 aliphatic heterocycles. The highest BCUT2D eigenvalue weighted by molar-refractivity contribution is 6.60. The molecule has 116 valence electrons. The summed E-state index contributed by atoms with van der Waals surface area (Å²) in [5.41, 5.74) is 0. The summed E-state index contributed by atoms with van der Waals surface area (Å²) in [6, 6.07) is 0.698. The second-order valence-electron chi connectivity index (χ2n) is 4.28. The van der Waals surface area contributed by atoms with Crippen LogP contribution in [0.15, 0.2) is 0 Å². The minimum absolute atomic E-state index is 0.510. The van der Waals surface area contributed by atoms with Crippen molar-refractivity contribution in [2.45, 2.75) is 46.1 Å². The first-order valence-electron chi connectivity index (χ1n) is 7.30. The van der Waals surface area contributed by atoms with Crippen LogP contribution in [-0.2, 0) is 18.0 Å². The maximum absolute atomic E-state index is 5.94. The zero-order chi connectivity index (χ0) is 14.4. The molecule has 4 nitrogen and oxygen atoms in total. The molecule has 0 N–H and O–H groups in total. The van der Waals surface area contributed by atoms with Crippen LogP contribution in [0.1, 0.15) is 40.0 Å². The van der Waals surface area contributed by atoms with Gasteiger partial charge in [-0.1, -0.05) is 20.8 Å². The van der Waals surface area contributed by atoms with E-state index in [1.807, 2.05) is 0 Å². The predicted molar refractivity (Wildman–Crippen MR) is 80.8 cm³/mol. The van der Waals surface area contributed by atoms with Gasteiger partial charge in [0, 0.05) is 31.7 Å². The van der Waals surface area contributed by atoms with Gasteiger partial charge in [0.15, 0.2) is 0 Å². The van der Waals surface area contributed by atoms with Gasteiger partial charge in [-0.25, -0.2) is 0 Å². The van der Waals surface area contributed by atoms with Gasteiger partial charge in [0.1, 0.15) is 0 Å². The molecular formula is C13H29ClO4Si. The van der Waals surface area contributed by atoms with Gasteiger partial charge in [-0.05, 0) is 19.3 Å². The summed E-state index contributed by atoms with van der Waals surface area (Å²) < 4.78 is 23.3. The fourth-order valence-electron chi connectivity index (χ4n) is 1.47. The normalized spacial score (nSPS) is 12.0. The summed E-state index contributed by atoms with van der Waals surface area (Å²) in [7, 11) is -2.58. The summed E-state index contributed by atoms with van der Waals surface area (Å²) in [6.45, 7) is 9.42. The van der Waals surface area contributed by atoms with Gasteiger partial charge < -0.3 is 18.0 Å². The van der Waals surface area contributed by atoms with Crippen molar-refractivity contribution >= 4 is 20.4 Å². The Morgan fingerprint density at radius 2 is 1.21 bits per heavy atom. The molecule has 6 heteroatoms. The summed E-state index contributed by atoms with van der Waals surface area (Å²) in [4.78, 5) is 0. The van der Waals surface area contributed by atoms with Crippen LogP contribution in [0, 0.1) is 0 Å². The average Bonchev–Trinajstić information content (AvgIpc) is 2.44. The SMILES string of the molecule is CCCO[Si](CCOCCCl)(OCCC)OCCC. The van der Waals surface area contributed by atoms with E-state index in [9.17, 15) is 0 Å². The zero-order valence-electron chi connectivity index (χ0n) is 12.6. The van der Waals surface area contributed by atoms with Crippen molar-refractivity contribution < 1.29 is 18.0 Å². The van der Waals surface area contributed by atoms with Crippen LogP contribution >= 0.6 is 11.6 Å². The topological polar surface area (TPSA) is 36.9 Å². The van der Waals surface area contributed by atoms with E-state index in [0.717, 1.165) is 19.3 Å². The molecule has 0 aliphatic carbocycles. The lowest BCUT2D eigenvalue weighted by atomic mass is 10.5. The molecule has 0 fully saturated rings. The second-order valence-corrected chi connectivity index (χ2v) is 7.39. The first-order valence-corrected chi connectivity index (χ1v) is 9.76. The summed E-state index contributed by atoms with van der Waals surface area (Å²) >= 11 is 5.59. The van der Waals surface area contributed by atoms with Crippen molar-refractivity contribution in [3.05, 3.63) is 0 Å². The highest BCUT2D eigenvalue weighted by Crippen LogP contribution is 2.17. The van der Waals surface area contributed by atoms with Gasteiger partial charge in [0.2, 0.25) is 0 Å².